The maximum absolute atomic E-state index is 5.30. The van der Waals surface area contributed by atoms with Crippen LogP contribution in [-0.2, 0) is 0 Å². The summed E-state index contributed by atoms with van der Waals surface area (Å²) >= 11 is 0. The summed E-state index contributed by atoms with van der Waals surface area (Å²) in [5.74, 6) is 1.15. The molecule has 0 amide bonds. The third-order valence-electron chi connectivity index (χ3n) is 2.32. The molecule has 0 heterocycles. The fraction of sp³-hybridized carbons (Fsp3) is 0.600. The van der Waals surface area contributed by atoms with E-state index >= 15 is 0 Å². The van der Waals surface area contributed by atoms with Crippen molar-refractivity contribution in [3.63, 3.8) is 0 Å². The number of nitrogens with two attached hydrogens (primary N) is 2. The van der Waals surface area contributed by atoms with E-state index in [0.717, 1.165) is 5.92 Å². The molecule has 1 rings (SSSR count). The van der Waals surface area contributed by atoms with Gasteiger partial charge >= 0.3 is 0 Å². The molecule has 0 saturated heterocycles. The minimum absolute atomic E-state index is 0.391. The van der Waals surface area contributed by atoms with Gasteiger partial charge < -0.3 is 11.5 Å². The molecule has 0 aromatic heterocycles. The molecule has 68 valence electrons. The molecule has 0 aromatic carbocycles. The summed E-state index contributed by atoms with van der Waals surface area (Å²) in [6.45, 7) is 0. The molecule has 2 nitrogen and oxygen atoms in total. The molecule has 12 heavy (non-hydrogen) atoms. The summed E-state index contributed by atoms with van der Waals surface area (Å²) in [5, 5.41) is 0. The zero-order valence-electron chi connectivity index (χ0n) is 7.50. The van der Waals surface area contributed by atoms with Gasteiger partial charge in [0.15, 0.2) is 0 Å². The SMILES string of the molecule is NC(N)=C/C=C\C1CCCCC1. The number of allylic oxidation sites excluding steroid dienone is 3. The fourth-order valence-corrected chi connectivity index (χ4v) is 1.65. The van der Waals surface area contributed by atoms with Gasteiger partial charge in [0.2, 0.25) is 0 Å². The standard InChI is InChI=1S/C10H18N2/c11-10(12)8-4-7-9-5-2-1-3-6-9/h4,7-9H,1-3,5-6,11-12H2/b7-4-. The maximum atomic E-state index is 5.30. The quantitative estimate of drug-likeness (QED) is 0.615. The van der Waals surface area contributed by atoms with E-state index in [9.17, 15) is 0 Å². The van der Waals surface area contributed by atoms with Crippen LogP contribution in [0.4, 0.5) is 0 Å². The van der Waals surface area contributed by atoms with Gasteiger partial charge in [0, 0.05) is 0 Å². The van der Waals surface area contributed by atoms with E-state index in [4.69, 9.17) is 11.5 Å². The Bertz CT molecular complexity index is 172. The normalized spacial score (nSPS) is 19.7. The van der Waals surface area contributed by atoms with Gasteiger partial charge in [0.25, 0.3) is 0 Å². The van der Waals surface area contributed by atoms with Crippen molar-refractivity contribution in [1.29, 1.82) is 0 Å². The van der Waals surface area contributed by atoms with Crippen LogP contribution in [0.1, 0.15) is 32.1 Å². The van der Waals surface area contributed by atoms with Gasteiger partial charge in [-0.2, -0.15) is 0 Å². The molecule has 0 unspecified atom stereocenters. The van der Waals surface area contributed by atoms with Gasteiger partial charge in [-0.3, -0.25) is 0 Å². The molecular formula is C10H18N2. The Kier molecular flexibility index (Phi) is 3.71. The summed E-state index contributed by atoms with van der Waals surface area (Å²) in [6, 6.07) is 0. The lowest BCUT2D eigenvalue weighted by atomic mass is 9.89. The Morgan fingerprint density at radius 2 is 1.75 bits per heavy atom. The van der Waals surface area contributed by atoms with Crippen molar-refractivity contribution in [3.8, 4) is 0 Å². The zero-order chi connectivity index (χ0) is 8.81. The lowest BCUT2D eigenvalue weighted by Crippen LogP contribution is -2.07. The van der Waals surface area contributed by atoms with Crippen LogP contribution < -0.4 is 11.5 Å². The lowest BCUT2D eigenvalue weighted by molar-refractivity contribution is 0.419. The first-order chi connectivity index (χ1) is 5.79. The molecule has 1 saturated carbocycles. The van der Waals surface area contributed by atoms with Gasteiger partial charge in [-0.1, -0.05) is 31.4 Å². The highest BCUT2D eigenvalue weighted by molar-refractivity contribution is 5.08. The van der Waals surface area contributed by atoms with E-state index in [1.807, 2.05) is 6.08 Å². The van der Waals surface area contributed by atoms with Gasteiger partial charge in [-0.15, -0.1) is 0 Å². The highest BCUT2D eigenvalue weighted by atomic mass is 14.8. The van der Waals surface area contributed by atoms with Crippen LogP contribution in [0.25, 0.3) is 0 Å². The summed E-state index contributed by atoms with van der Waals surface area (Å²) in [6.07, 6.45) is 12.8. The van der Waals surface area contributed by atoms with Crippen molar-refractivity contribution in [2.45, 2.75) is 32.1 Å². The van der Waals surface area contributed by atoms with Crippen molar-refractivity contribution in [2.75, 3.05) is 0 Å². The highest BCUT2D eigenvalue weighted by Gasteiger charge is 2.08. The average Bonchev–Trinajstić information content (AvgIpc) is 2.05. The van der Waals surface area contributed by atoms with Crippen LogP contribution >= 0.6 is 0 Å². The molecule has 1 fully saturated rings. The Morgan fingerprint density at radius 3 is 2.33 bits per heavy atom. The third-order valence-corrected chi connectivity index (χ3v) is 2.32. The number of hydrogen-bond acceptors (Lipinski definition) is 2. The van der Waals surface area contributed by atoms with Crippen LogP contribution in [-0.4, -0.2) is 0 Å². The fourth-order valence-electron chi connectivity index (χ4n) is 1.65. The lowest BCUT2D eigenvalue weighted by Gasteiger charge is -2.17. The van der Waals surface area contributed by atoms with Crippen LogP contribution in [0.3, 0.4) is 0 Å². The van der Waals surface area contributed by atoms with Gasteiger partial charge in [0.1, 0.15) is 0 Å². The maximum Gasteiger partial charge on any atom is 0.0933 e. The topological polar surface area (TPSA) is 52.0 Å². The summed E-state index contributed by atoms with van der Waals surface area (Å²) < 4.78 is 0. The largest absolute Gasteiger partial charge is 0.386 e. The summed E-state index contributed by atoms with van der Waals surface area (Å²) in [7, 11) is 0. The van der Waals surface area contributed by atoms with Crippen molar-refractivity contribution in [2.24, 2.45) is 17.4 Å². The van der Waals surface area contributed by atoms with E-state index in [1.165, 1.54) is 32.1 Å². The molecule has 0 spiro atoms. The Hall–Kier alpha value is -0.920. The molecule has 1 aliphatic rings. The average molecular weight is 166 g/mol. The number of hydrogen-bond donors (Lipinski definition) is 2. The van der Waals surface area contributed by atoms with Crippen LogP contribution in [0.2, 0.25) is 0 Å². The van der Waals surface area contributed by atoms with Gasteiger partial charge in [-0.25, -0.2) is 0 Å². The molecular weight excluding hydrogens is 148 g/mol. The molecule has 4 N–H and O–H groups in total. The molecule has 0 radical (unpaired) electrons. The molecule has 1 aliphatic carbocycles. The first kappa shape index (κ1) is 9.17. The molecule has 0 atom stereocenters. The van der Waals surface area contributed by atoms with E-state index < -0.39 is 0 Å². The predicted octanol–water partition coefficient (Wildman–Crippen LogP) is 1.88. The van der Waals surface area contributed by atoms with Crippen molar-refractivity contribution in [1.82, 2.24) is 0 Å². The van der Waals surface area contributed by atoms with Gasteiger partial charge in [0.05, 0.1) is 5.82 Å². The van der Waals surface area contributed by atoms with E-state index in [-0.39, 0.29) is 0 Å². The zero-order valence-corrected chi connectivity index (χ0v) is 7.50. The van der Waals surface area contributed by atoms with Crippen LogP contribution in [0, 0.1) is 5.92 Å². The first-order valence-corrected chi connectivity index (χ1v) is 4.68. The third kappa shape index (κ3) is 3.46. The van der Waals surface area contributed by atoms with E-state index in [2.05, 4.69) is 6.08 Å². The first-order valence-electron chi connectivity index (χ1n) is 4.68. The highest BCUT2D eigenvalue weighted by Crippen LogP contribution is 2.24. The Labute approximate surface area is 74.3 Å². The second kappa shape index (κ2) is 4.86. The smallest absolute Gasteiger partial charge is 0.0933 e. The van der Waals surface area contributed by atoms with E-state index in [0.29, 0.717) is 5.82 Å². The van der Waals surface area contributed by atoms with Crippen molar-refractivity contribution >= 4 is 0 Å². The molecule has 0 bridgehead atoms. The second-order valence-electron chi connectivity index (χ2n) is 3.45. The molecule has 2 heteroatoms. The monoisotopic (exact) mass is 166 g/mol. The van der Waals surface area contributed by atoms with Crippen LogP contribution in [0.15, 0.2) is 24.0 Å². The summed E-state index contributed by atoms with van der Waals surface area (Å²) in [5.41, 5.74) is 10.6. The Balaban J connectivity index is 2.29. The van der Waals surface area contributed by atoms with Gasteiger partial charge in [-0.05, 0) is 24.8 Å². The molecule has 0 aromatic rings. The van der Waals surface area contributed by atoms with Crippen molar-refractivity contribution in [3.05, 3.63) is 24.0 Å². The summed E-state index contributed by atoms with van der Waals surface area (Å²) in [4.78, 5) is 0. The predicted molar refractivity (Wildman–Crippen MR) is 52.2 cm³/mol. The Morgan fingerprint density at radius 1 is 1.08 bits per heavy atom. The van der Waals surface area contributed by atoms with E-state index in [1.54, 1.807) is 6.08 Å². The van der Waals surface area contributed by atoms with Crippen molar-refractivity contribution < 1.29 is 0 Å². The second-order valence-corrected chi connectivity index (χ2v) is 3.45. The molecule has 0 aliphatic heterocycles. The van der Waals surface area contributed by atoms with Crippen LogP contribution in [0.5, 0.6) is 0 Å². The minimum atomic E-state index is 0.391. The number of rotatable bonds is 2. The minimum Gasteiger partial charge on any atom is -0.386 e.